The second-order valence-corrected chi connectivity index (χ2v) is 8.24. The summed E-state index contributed by atoms with van der Waals surface area (Å²) in [5.74, 6) is 1.39. The summed E-state index contributed by atoms with van der Waals surface area (Å²) in [5, 5.41) is 6.15. The zero-order chi connectivity index (χ0) is 25.1. The normalized spacial score (nSPS) is 13.4. The van der Waals surface area contributed by atoms with Gasteiger partial charge in [0, 0.05) is 32.4 Å². The van der Waals surface area contributed by atoms with Gasteiger partial charge in [-0.25, -0.2) is 15.0 Å². The maximum absolute atomic E-state index is 12.2. The molecule has 1 saturated heterocycles. The molecule has 2 aromatic carbocycles. The van der Waals surface area contributed by atoms with Crippen LogP contribution in [0.15, 0.2) is 61.3 Å². The molecule has 0 bridgehead atoms. The number of ether oxygens (including phenoxy) is 2. The predicted molar refractivity (Wildman–Crippen MR) is 140 cm³/mol. The second-order valence-electron chi connectivity index (χ2n) is 8.24. The van der Waals surface area contributed by atoms with E-state index < -0.39 is 0 Å². The molecule has 10 heteroatoms. The summed E-state index contributed by atoms with van der Waals surface area (Å²) < 4.78 is 13.2. The van der Waals surface area contributed by atoms with E-state index >= 15 is 0 Å². The molecule has 10 nitrogen and oxygen atoms in total. The zero-order valence-electron chi connectivity index (χ0n) is 20.2. The first-order valence-corrected chi connectivity index (χ1v) is 11.6. The minimum absolute atomic E-state index is 0.305. The molecule has 2 aromatic heterocycles. The van der Waals surface area contributed by atoms with Crippen LogP contribution in [-0.4, -0.2) is 58.8 Å². The molecule has 0 saturated carbocycles. The fourth-order valence-corrected chi connectivity index (χ4v) is 4.22. The predicted octanol–water partition coefficient (Wildman–Crippen LogP) is 3.74. The largest absolute Gasteiger partial charge is 0.494 e. The van der Waals surface area contributed by atoms with Crippen LogP contribution < -0.4 is 20.3 Å². The standard InChI is InChI=1S/C26H27N7O3/c1-4-24(34)28-19-15-20(23(35-3)16-22(19)33-11-13-36-14-12-33)31-26-27-10-9-18(30-26)25-29-17-7-5-6-8-21(17)32(25)2/h4-10,15-16H,1,11-14H2,2-3H3,(H,28,34)(H,27,30,31). The number of hydrogen-bond donors (Lipinski definition) is 2. The number of anilines is 4. The van der Waals surface area contributed by atoms with Crippen LogP contribution in [0.5, 0.6) is 5.75 Å². The third-order valence-electron chi connectivity index (χ3n) is 6.03. The number of methoxy groups -OCH3 is 1. The molecule has 1 aliphatic rings. The summed E-state index contributed by atoms with van der Waals surface area (Å²) in [5.41, 5.74) is 4.66. The van der Waals surface area contributed by atoms with Gasteiger partial charge in [0.15, 0.2) is 5.82 Å². The molecule has 0 atom stereocenters. The van der Waals surface area contributed by atoms with Crippen molar-refractivity contribution in [2.75, 3.05) is 48.9 Å². The number of para-hydroxylation sites is 2. The van der Waals surface area contributed by atoms with Crippen LogP contribution in [0.1, 0.15) is 0 Å². The van der Waals surface area contributed by atoms with Gasteiger partial charge in [0.05, 0.1) is 48.4 Å². The minimum atomic E-state index is -0.305. The van der Waals surface area contributed by atoms with Gasteiger partial charge in [-0.2, -0.15) is 0 Å². The number of fused-ring (bicyclic) bond motifs is 1. The van der Waals surface area contributed by atoms with Crippen molar-refractivity contribution >= 4 is 40.0 Å². The van der Waals surface area contributed by atoms with E-state index in [4.69, 9.17) is 19.4 Å². The molecule has 3 heterocycles. The third-order valence-corrected chi connectivity index (χ3v) is 6.03. The molecule has 2 N–H and O–H groups in total. The molecule has 1 amide bonds. The number of rotatable bonds is 7. The lowest BCUT2D eigenvalue weighted by atomic mass is 10.1. The lowest BCUT2D eigenvalue weighted by Crippen LogP contribution is -2.36. The first kappa shape index (κ1) is 23.3. The van der Waals surface area contributed by atoms with Gasteiger partial charge in [0.1, 0.15) is 11.4 Å². The summed E-state index contributed by atoms with van der Waals surface area (Å²) in [7, 11) is 3.56. The van der Waals surface area contributed by atoms with Crippen molar-refractivity contribution in [2.24, 2.45) is 7.05 Å². The van der Waals surface area contributed by atoms with Crippen LogP contribution in [0, 0.1) is 0 Å². The van der Waals surface area contributed by atoms with Gasteiger partial charge >= 0.3 is 0 Å². The monoisotopic (exact) mass is 485 g/mol. The smallest absolute Gasteiger partial charge is 0.247 e. The van der Waals surface area contributed by atoms with Crippen molar-refractivity contribution in [1.29, 1.82) is 0 Å². The van der Waals surface area contributed by atoms with Crippen molar-refractivity contribution in [3.05, 3.63) is 61.3 Å². The maximum Gasteiger partial charge on any atom is 0.247 e. The Kier molecular flexibility index (Phi) is 6.50. The Labute approximate surface area is 208 Å². The molecule has 36 heavy (non-hydrogen) atoms. The Bertz CT molecular complexity index is 1430. The van der Waals surface area contributed by atoms with E-state index in [-0.39, 0.29) is 5.91 Å². The Balaban J connectivity index is 1.51. The van der Waals surface area contributed by atoms with E-state index in [9.17, 15) is 4.79 Å². The van der Waals surface area contributed by atoms with E-state index in [1.54, 1.807) is 13.3 Å². The van der Waals surface area contributed by atoms with Crippen molar-refractivity contribution in [3.63, 3.8) is 0 Å². The zero-order valence-corrected chi connectivity index (χ0v) is 20.2. The van der Waals surface area contributed by atoms with Crippen molar-refractivity contribution in [2.45, 2.75) is 0 Å². The molecular weight excluding hydrogens is 458 g/mol. The number of nitrogens with zero attached hydrogens (tertiary/aromatic N) is 5. The molecule has 0 radical (unpaired) electrons. The van der Waals surface area contributed by atoms with Crippen molar-refractivity contribution < 1.29 is 14.3 Å². The molecule has 0 unspecified atom stereocenters. The Morgan fingerprint density at radius 2 is 1.94 bits per heavy atom. The van der Waals surface area contributed by atoms with Crippen LogP contribution in [-0.2, 0) is 16.6 Å². The molecule has 1 aliphatic heterocycles. The van der Waals surface area contributed by atoms with Crippen LogP contribution in [0.4, 0.5) is 23.0 Å². The van der Waals surface area contributed by atoms with E-state index in [0.29, 0.717) is 55.1 Å². The minimum Gasteiger partial charge on any atom is -0.494 e. The number of imidazole rings is 1. The molecule has 0 spiro atoms. The fourth-order valence-electron chi connectivity index (χ4n) is 4.22. The maximum atomic E-state index is 12.2. The number of carbonyl (C=O) groups excluding carboxylic acids is 1. The lowest BCUT2D eigenvalue weighted by molar-refractivity contribution is -0.111. The van der Waals surface area contributed by atoms with Crippen LogP contribution in [0.25, 0.3) is 22.6 Å². The average molecular weight is 486 g/mol. The van der Waals surface area contributed by atoms with E-state index in [2.05, 4.69) is 27.1 Å². The first-order chi connectivity index (χ1) is 17.6. The van der Waals surface area contributed by atoms with Gasteiger partial charge in [-0.15, -0.1) is 0 Å². The molecule has 5 rings (SSSR count). The number of nitrogens with one attached hydrogen (secondary N) is 2. The number of aromatic nitrogens is 4. The topological polar surface area (TPSA) is 106 Å². The molecule has 184 valence electrons. The van der Waals surface area contributed by atoms with Gasteiger partial charge in [0.2, 0.25) is 11.9 Å². The Morgan fingerprint density at radius 1 is 1.14 bits per heavy atom. The summed E-state index contributed by atoms with van der Waals surface area (Å²) in [6.45, 7) is 6.20. The Hall–Kier alpha value is -4.44. The van der Waals surface area contributed by atoms with Gasteiger partial charge < -0.3 is 29.6 Å². The van der Waals surface area contributed by atoms with Gasteiger partial charge in [0.25, 0.3) is 0 Å². The number of carbonyl (C=O) groups is 1. The van der Waals surface area contributed by atoms with E-state index in [0.717, 1.165) is 22.5 Å². The van der Waals surface area contributed by atoms with Crippen molar-refractivity contribution in [3.8, 4) is 17.3 Å². The summed E-state index contributed by atoms with van der Waals surface area (Å²) in [6.07, 6.45) is 2.92. The highest BCUT2D eigenvalue weighted by molar-refractivity contribution is 6.02. The van der Waals surface area contributed by atoms with Crippen LogP contribution in [0.2, 0.25) is 0 Å². The Morgan fingerprint density at radius 3 is 2.69 bits per heavy atom. The molecule has 4 aromatic rings. The molecule has 1 fully saturated rings. The van der Waals surface area contributed by atoms with Crippen LogP contribution in [0.3, 0.4) is 0 Å². The highest BCUT2D eigenvalue weighted by atomic mass is 16.5. The van der Waals surface area contributed by atoms with Crippen LogP contribution >= 0.6 is 0 Å². The lowest BCUT2D eigenvalue weighted by Gasteiger charge is -2.31. The molecule has 0 aliphatic carbocycles. The fraction of sp³-hybridized carbons (Fsp3) is 0.231. The highest BCUT2D eigenvalue weighted by Gasteiger charge is 2.20. The van der Waals surface area contributed by atoms with Crippen molar-refractivity contribution in [1.82, 2.24) is 19.5 Å². The number of amides is 1. The highest BCUT2D eigenvalue weighted by Crippen LogP contribution is 2.38. The number of benzene rings is 2. The van der Waals surface area contributed by atoms with Gasteiger partial charge in [-0.3, -0.25) is 4.79 Å². The van der Waals surface area contributed by atoms with Gasteiger partial charge in [-0.05, 0) is 30.3 Å². The first-order valence-electron chi connectivity index (χ1n) is 11.6. The van der Waals surface area contributed by atoms with E-state index in [1.807, 2.05) is 54.1 Å². The SMILES string of the molecule is C=CC(=O)Nc1cc(Nc2nccc(-c3nc4ccccc4n3C)n2)c(OC)cc1N1CCOCC1. The summed E-state index contributed by atoms with van der Waals surface area (Å²) in [6, 6.07) is 13.5. The molecular formula is C26H27N7O3. The second kappa shape index (κ2) is 10.0. The average Bonchev–Trinajstić information content (AvgIpc) is 3.26. The summed E-state index contributed by atoms with van der Waals surface area (Å²) >= 11 is 0. The number of aryl methyl sites for hydroxylation is 1. The third kappa shape index (κ3) is 4.58. The summed E-state index contributed by atoms with van der Waals surface area (Å²) in [4.78, 5) is 28.2. The van der Waals surface area contributed by atoms with E-state index in [1.165, 1.54) is 6.08 Å². The number of hydrogen-bond acceptors (Lipinski definition) is 8. The van der Waals surface area contributed by atoms with Gasteiger partial charge in [-0.1, -0.05) is 18.7 Å². The quantitative estimate of drug-likeness (QED) is 0.381. The number of morpholine rings is 1.